The number of imidazole rings is 1. The molecule has 6 aromatic carbocycles. The Morgan fingerprint density at radius 1 is 0.656 bits per heavy atom. The summed E-state index contributed by atoms with van der Waals surface area (Å²) in [7, 11) is 0. The summed E-state index contributed by atoms with van der Waals surface area (Å²) >= 11 is 0. The Labute approximate surface area is 404 Å². The molecule has 8 aromatic rings. The molecule has 0 saturated heterocycles. The van der Waals surface area contributed by atoms with Crippen LogP contribution in [0.15, 0.2) is 128 Å². The van der Waals surface area contributed by atoms with Crippen LogP contribution in [0.4, 0.5) is 0 Å². The summed E-state index contributed by atoms with van der Waals surface area (Å²) in [5, 5.41) is 12.4. The van der Waals surface area contributed by atoms with Gasteiger partial charge in [0, 0.05) is 41.2 Å². The first-order valence-electron chi connectivity index (χ1n) is 24.9. The first kappa shape index (κ1) is 38.8. The zero-order valence-corrected chi connectivity index (χ0v) is 41.1. The molecule has 1 N–H and O–H groups in total. The van der Waals surface area contributed by atoms with E-state index in [1.54, 1.807) is 45.9 Å². The molecular weight excluding hydrogens is 962 g/mol. The van der Waals surface area contributed by atoms with Gasteiger partial charge in [-0.2, -0.15) is 0 Å². The van der Waals surface area contributed by atoms with Gasteiger partial charge in [0.1, 0.15) is 11.6 Å². The molecule has 0 fully saturated rings. The van der Waals surface area contributed by atoms with Crippen LogP contribution in [0.2, 0.25) is 0 Å². The maximum atomic E-state index is 12.4. The minimum atomic E-state index is -2.63. The van der Waals surface area contributed by atoms with Gasteiger partial charge >= 0.3 is 0 Å². The fourth-order valence-corrected chi connectivity index (χ4v) is 8.57. The number of benzene rings is 6. The molecule has 0 unspecified atom stereocenters. The van der Waals surface area contributed by atoms with Crippen LogP contribution in [0.1, 0.15) is 141 Å². The van der Waals surface area contributed by atoms with Gasteiger partial charge in [-0.15, -0.1) is 29.3 Å². The van der Waals surface area contributed by atoms with Crippen molar-refractivity contribution in [3.8, 4) is 67.5 Å². The predicted molar refractivity (Wildman–Crippen MR) is 266 cm³/mol. The predicted octanol–water partition coefficient (Wildman–Crippen LogP) is 16.4. The molecule has 0 aliphatic heterocycles. The number of para-hydroxylation sites is 1. The number of fused-ring (bicyclic) bond motifs is 1. The average Bonchev–Trinajstić information content (AvgIpc) is 3.66. The molecule has 4 nitrogen and oxygen atoms in total. The normalized spacial score (nSPS) is 14.0. The van der Waals surface area contributed by atoms with Gasteiger partial charge in [-0.25, -0.2) is 4.98 Å². The monoisotopic (exact) mass is 1030 g/mol. The summed E-state index contributed by atoms with van der Waals surface area (Å²) in [4.78, 5) is 10.3. The first-order valence-corrected chi connectivity index (χ1v) is 21.9. The van der Waals surface area contributed by atoms with Crippen LogP contribution in [0, 0.1) is 12.9 Å². The molecule has 0 atom stereocenters. The van der Waals surface area contributed by atoms with E-state index in [1.807, 2.05) is 97.4 Å². The SMILES string of the molecule is [2H]C([2H])([2H])c1cc(-c2c(C(C)C)cccc2C([2H])(C)C)ccc1-n1c(-c2cc(C([2H])(C)C)cc(C([2H])(C)C)c2O)nc2c(-c3[c-]c(-c4cc(-c5ccccc5)ccn4)cc(C(C)(C)C)c3)cccc21.[Pt]. The number of aromatic nitrogens is 3. The summed E-state index contributed by atoms with van der Waals surface area (Å²) in [6, 6.07) is 42.9. The maximum Gasteiger partial charge on any atom is 0.148 e. The topological polar surface area (TPSA) is 50.9 Å². The number of aryl methyl sites for hydroxylation is 1. The third-order valence-electron chi connectivity index (χ3n) is 12.1. The number of nitrogens with zero attached hydrogens (tertiary/aromatic N) is 3. The Morgan fingerprint density at radius 2 is 1.36 bits per heavy atom. The van der Waals surface area contributed by atoms with E-state index in [-0.39, 0.29) is 55.1 Å². The molecular formula is C59H62N3OPt-. The van der Waals surface area contributed by atoms with E-state index < -0.39 is 24.5 Å². The van der Waals surface area contributed by atoms with Crippen LogP contribution in [-0.4, -0.2) is 19.6 Å². The van der Waals surface area contributed by atoms with Gasteiger partial charge in [-0.3, -0.25) is 9.55 Å². The summed E-state index contributed by atoms with van der Waals surface area (Å²) in [5.74, 6) is -3.22. The molecule has 0 aliphatic rings. The average molecular weight is 1030 g/mol. The molecule has 330 valence electrons. The van der Waals surface area contributed by atoms with Gasteiger partial charge in [0.15, 0.2) is 0 Å². The van der Waals surface area contributed by atoms with Gasteiger partial charge in [-0.1, -0.05) is 166 Å². The Kier molecular flexibility index (Phi) is 11.2. The third kappa shape index (κ3) is 8.92. The van der Waals surface area contributed by atoms with E-state index in [4.69, 9.17) is 18.2 Å². The number of hydrogen-bond donors (Lipinski definition) is 1. The standard InChI is InChI=1S/C59H62N3O.Pt/c1-35(2)43-32-50(38(7)8)57(63)51(33-43)58-61-56-49(44-29-45(31-46(30-44)59(10,11)12)52-34-41(26-27-60-52)40-18-14-13-15-19-40)22-17-23-54(56)62(58)53-25-24-42(28-39(53)9)55-47(36(3)4)20-16-21-48(55)37(5)6;/h13-28,30-38,63H,1-12H3;/q-1;/i9D3,35D,36D,38D;. The van der Waals surface area contributed by atoms with E-state index in [2.05, 4.69) is 71.0 Å². The van der Waals surface area contributed by atoms with Gasteiger partial charge < -0.3 is 5.11 Å². The molecule has 2 heterocycles. The second-order valence-electron chi connectivity index (χ2n) is 18.8. The van der Waals surface area contributed by atoms with E-state index >= 15 is 0 Å². The van der Waals surface area contributed by atoms with Crippen molar-refractivity contribution in [2.75, 3.05) is 0 Å². The van der Waals surface area contributed by atoms with E-state index in [0.29, 0.717) is 33.4 Å². The number of phenolic OH excluding ortho intramolecular Hbond substituents is 1. The number of aromatic hydroxyl groups is 1. The van der Waals surface area contributed by atoms with E-state index in [1.165, 1.54) is 0 Å². The van der Waals surface area contributed by atoms with Crippen LogP contribution in [0.3, 0.4) is 0 Å². The Bertz CT molecular complexity index is 3240. The molecule has 0 amide bonds. The molecule has 8 rings (SSSR count). The van der Waals surface area contributed by atoms with Crippen molar-refractivity contribution in [2.45, 2.75) is 112 Å². The van der Waals surface area contributed by atoms with Crippen molar-refractivity contribution in [3.63, 3.8) is 0 Å². The van der Waals surface area contributed by atoms with Crippen molar-refractivity contribution in [1.29, 1.82) is 0 Å². The molecule has 0 saturated carbocycles. The quantitative estimate of drug-likeness (QED) is 0.139. The van der Waals surface area contributed by atoms with E-state index in [9.17, 15) is 5.11 Å². The summed E-state index contributed by atoms with van der Waals surface area (Å²) in [6.07, 6.45) is 1.82. The molecule has 64 heavy (non-hydrogen) atoms. The Hall–Kier alpha value is -5.57. The van der Waals surface area contributed by atoms with Gasteiger partial charge in [0.05, 0.1) is 22.3 Å². The van der Waals surface area contributed by atoms with Gasteiger partial charge in [-0.05, 0) is 116 Å². The summed E-state index contributed by atoms with van der Waals surface area (Å²) in [6.45, 7) is 18.7. The van der Waals surface area contributed by atoms with Crippen LogP contribution in [0.25, 0.3) is 72.7 Å². The fraction of sp³-hybridized carbons (Fsp3) is 0.288. The Balaban J connectivity index is 0.00000722. The largest absolute Gasteiger partial charge is 0.507 e. The van der Waals surface area contributed by atoms with Crippen molar-refractivity contribution >= 4 is 11.0 Å². The minimum absolute atomic E-state index is 0. The maximum absolute atomic E-state index is 12.4. The van der Waals surface area contributed by atoms with Gasteiger partial charge in [0.2, 0.25) is 0 Å². The number of hydrogen-bond acceptors (Lipinski definition) is 3. The molecule has 0 aliphatic carbocycles. The Morgan fingerprint density at radius 3 is 2.03 bits per heavy atom. The summed E-state index contributed by atoms with van der Waals surface area (Å²) in [5.41, 5.74) is 11.9. The van der Waals surface area contributed by atoms with Crippen LogP contribution < -0.4 is 0 Å². The van der Waals surface area contributed by atoms with Crippen molar-refractivity contribution in [3.05, 3.63) is 167 Å². The van der Waals surface area contributed by atoms with Crippen molar-refractivity contribution in [2.24, 2.45) is 0 Å². The molecule has 0 bridgehead atoms. The first-order chi connectivity index (χ1) is 32.1. The number of rotatable bonds is 10. The van der Waals surface area contributed by atoms with Crippen LogP contribution in [0.5, 0.6) is 5.75 Å². The zero-order chi connectivity index (χ0) is 50.2. The number of pyridine rings is 1. The second kappa shape index (κ2) is 18.5. The molecule has 5 heteroatoms. The third-order valence-corrected chi connectivity index (χ3v) is 12.1. The zero-order valence-electron chi connectivity index (χ0n) is 44.8. The second-order valence-corrected chi connectivity index (χ2v) is 18.8. The van der Waals surface area contributed by atoms with Crippen molar-refractivity contribution < 1.29 is 34.4 Å². The van der Waals surface area contributed by atoms with Crippen molar-refractivity contribution in [1.82, 2.24) is 14.5 Å². The summed E-state index contributed by atoms with van der Waals surface area (Å²) < 4.78 is 56.7. The fourth-order valence-electron chi connectivity index (χ4n) is 8.57. The number of phenols is 1. The van der Waals surface area contributed by atoms with E-state index in [0.717, 1.165) is 55.8 Å². The smallest absolute Gasteiger partial charge is 0.148 e. The van der Waals surface area contributed by atoms with Gasteiger partial charge in [0.25, 0.3) is 0 Å². The van der Waals surface area contributed by atoms with Crippen LogP contribution in [-0.2, 0) is 26.5 Å². The van der Waals surface area contributed by atoms with Crippen LogP contribution >= 0.6 is 0 Å². The molecule has 2 aromatic heterocycles. The molecule has 0 spiro atoms. The minimum Gasteiger partial charge on any atom is -0.507 e. The molecule has 0 radical (unpaired) electrons.